The monoisotopic (exact) mass is 238 g/mol. The maximum absolute atomic E-state index is 10.6. The number of nitrogens with zero attached hydrogens (tertiary/aromatic N) is 2. The van der Waals surface area contributed by atoms with E-state index in [9.17, 15) is 4.79 Å². The molecule has 1 heterocycles. The summed E-state index contributed by atoms with van der Waals surface area (Å²) >= 11 is 0. The first-order chi connectivity index (χ1) is 8.01. The van der Waals surface area contributed by atoms with Gasteiger partial charge in [-0.1, -0.05) is 19.0 Å². The Kier molecular flexibility index (Phi) is 3.03. The predicted molar refractivity (Wildman–Crippen MR) is 60.6 cm³/mol. The van der Waals surface area contributed by atoms with Gasteiger partial charge in [-0.05, 0) is 31.1 Å². The van der Waals surface area contributed by atoms with Crippen LogP contribution in [0.25, 0.3) is 0 Å². The molecule has 5 heteroatoms. The maximum atomic E-state index is 10.6. The number of aldehydes is 1. The fraction of sp³-hybridized carbons (Fsp3) is 0.750. The second-order valence-electron chi connectivity index (χ2n) is 5.44. The number of hydrogen-bond donors (Lipinski definition) is 0. The zero-order chi connectivity index (χ0) is 12.5. The molecule has 94 valence electrons. The van der Waals surface area contributed by atoms with E-state index >= 15 is 0 Å². The van der Waals surface area contributed by atoms with E-state index in [1.165, 1.54) is 0 Å². The minimum atomic E-state index is -0.486. The normalized spacial score (nSPS) is 22.3. The van der Waals surface area contributed by atoms with Crippen LogP contribution in [0.15, 0.2) is 4.52 Å². The SMILES string of the molecule is COC1(c2noc(C=O)n2)CCC(C)(C)CC1. The highest BCUT2D eigenvalue weighted by Crippen LogP contribution is 2.46. The Hall–Kier alpha value is -1.23. The van der Waals surface area contributed by atoms with Gasteiger partial charge in [0.1, 0.15) is 5.60 Å². The number of aromatic nitrogens is 2. The van der Waals surface area contributed by atoms with Gasteiger partial charge in [-0.2, -0.15) is 4.98 Å². The lowest BCUT2D eigenvalue weighted by molar-refractivity contribution is -0.0740. The molecule has 2 rings (SSSR count). The minimum Gasteiger partial charge on any atom is -0.370 e. The van der Waals surface area contributed by atoms with Crippen LogP contribution in [0.3, 0.4) is 0 Å². The van der Waals surface area contributed by atoms with Crippen molar-refractivity contribution in [2.45, 2.75) is 45.1 Å². The highest BCUT2D eigenvalue weighted by molar-refractivity contribution is 5.67. The summed E-state index contributed by atoms with van der Waals surface area (Å²) in [7, 11) is 1.66. The standard InChI is InChI=1S/C12H18N2O3/c1-11(2)4-6-12(16-3,7-5-11)10-13-9(8-15)17-14-10/h8H,4-7H2,1-3H3. The molecule has 17 heavy (non-hydrogen) atoms. The van der Waals surface area contributed by atoms with Gasteiger partial charge in [-0.25, -0.2) is 0 Å². The summed E-state index contributed by atoms with van der Waals surface area (Å²) in [5, 5.41) is 3.86. The van der Waals surface area contributed by atoms with Gasteiger partial charge in [0, 0.05) is 7.11 Å². The van der Waals surface area contributed by atoms with E-state index < -0.39 is 5.60 Å². The molecule has 0 aromatic carbocycles. The van der Waals surface area contributed by atoms with Gasteiger partial charge in [-0.3, -0.25) is 4.79 Å². The van der Waals surface area contributed by atoms with E-state index in [2.05, 4.69) is 24.0 Å². The lowest BCUT2D eigenvalue weighted by Gasteiger charge is -2.40. The van der Waals surface area contributed by atoms with Crippen LogP contribution in [0, 0.1) is 5.41 Å². The van der Waals surface area contributed by atoms with Gasteiger partial charge < -0.3 is 9.26 Å². The summed E-state index contributed by atoms with van der Waals surface area (Å²) in [6, 6.07) is 0. The molecule has 0 aliphatic heterocycles. The molecule has 0 unspecified atom stereocenters. The van der Waals surface area contributed by atoms with Crippen LogP contribution < -0.4 is 0 Å². The first-order valence-electron chi connectivity index (χ1n) is 5.86. The third-order valence-electron chi connectivity index (χ3n) is 3.75. The van der Waals surface area contributed by atoms with Crippen molar-refractivity contribution in [1.82, 2.24) is 10.1 Å². The Bertz CT molecular complexity index is 402. The molecular weight excluding hydrogens is 220 g/mol. The van der Waals surface area contributed by atoms with E-state index in [1.54, 1.807) is 7.11 Å². The van der Waals surface area contributed by atoms with Crippen LogP contribution in [-0.2, 0) is 10.3 Å². The number of hydrogen-bond acceptors (Lipinski definition) is 5. The zero-order valence-electron chi connectivity index (χ0n) is 10.5. The second-order valence-corrected chi connectivity index (χ2v) is 5.44. The number of carbonyl (C=O) groups excluding carboxylic acids is 1. The molecule has 0 amide bonds. The number of ether oxygens (including phenoxy) is 1. The Morgan fingerprint density at radius 3 is 2.41 bits per heavy atom. The third kappa shape index (κ3) is 2.24. The summed E-state index contributed by atoms with van der Waals surface area (Å²) in [5.74, 6) is 0.513. The molecule has 5 nitrogen and oxygen atoms in total. The number of rotatable bonds is 3. The van der Waals surface area contributed by atoms with E-state index in [0.29, 0.717) is 17.5 Å². The highest BCUT2D eigenvalue weighted by Gasteiger charge is 2.43. The van der Waals surface area contributed by atoms with Gasteiger partial charge in [0.15, 0.2) is 0 Å². The fourth-order valence-corrected chi connectivity index (χ4v) is 2.32. The van der Waals surface area contributed by atoms with E-state index in [0.717, 1.165) is 25.7 Å². The van der Waals surface area contributed by atoms with Crippen molar-refractivity contribution in [2.24, 2.45) is 5.41 Å². The van der Waals surface area contributed by atoms with Gasteiger partial charge in [0.05, 0.1) is 0 Å². The molecule has 0 N–H and O–H groups in total. The van der Waals surface area contributed by atoms with E-state index in [4.69, 9.17) is 9.26 Å². The predicted octanol–water partition coefficient (Wildman–Crippen LogP) is 2.32. The molecule has 0 atom stereocenters. The van der Waals surface area contributed by atoms with Crippen molar-refractivity contribution in [1.29, 1.82) is 0 Å². The van der Waals surface area contributed by atoms with E-state index in [1.807, 2.05) is 0 Å². The van der Waals surface area contributed by atoms with Crippen LogP contribution in [0.5, 0.6) is 0 Å². The van der Waals surface area contributed by atoms with Gasteiger partial charge in [0.2, 0.25) is 12.1 Å². The molecule has 0 spiro atoms. The largest absolute Gasteiger partial charge is 0.370 e. The summed E-state index contributed by atoms with van der Waals surface area (Å²) in [6.45, 7) is 4.50. The molecule has 1 aromatic heterocycles. The molecule has 0 bridgehead atoms. The molecule has 1 aliphatic carbocycles. The van der Waals surface area contributed by atoms with E-state index in [-0.39, 0.29) is 5.89 Å². The summed E-state index contributed by atoms with van der Waals surface area (Å²) < 4.78 is 10.5. The molecule has 1 saturated carbocycles. The molecule has 1 aliphatic rings. The van der Waals surface area contributed by atoms with Crippen LogP contribution in [-0.4, -0.2) is 23.5 Å². The van der Waals surface area contributed by atoms with Crippen LogP contribution in [0.1, 0.15) is 56.0 Å². The summed E-state index contributed by atoms with van der Waals surface area (Å²) in [4.78, 5) is 14.6. The van der Waals surface area contributed by atoms with Crippen LogP contribution in [0.4, 0.5) is 0 Å². The molecular formula is C12H18N2O3. The lowest BCUT2D eigenvalue weighted by atomic mass is 9.70. The van der Waals surface area contributed by atoms with Crippen molar-refractivity contribution in [3.05, 3.63) is 11.7 Å². The number of carbonyl (C=O) groups is 1. The summed E-state index contributed by atoms with van der Waals surface area (Å²) in [6.07, 6.45) is 4.37. The molecule has 1 fully saturated rings. The topological polar surface area (TPSA) is 65.2 Å². The zero-order valence-corrected chi connectivity index (χ0v) is 10.5. The average molecular weight is 238 g/mol. The smallest absolute Gasteiger partial charge is 0.290 e. The van der Waals surface area contributed by atoms with Crippen LogP contribution >= 0.6 is 0 Å². The van der Waals surface area contributed by atoms with Crippen molar-refractivity contribution in [3.8, 4) is 0 Å². The van der Waals surface area contributed by atoms with Gasteiger partial charge >= 0.3 is 0 Å². The highest BCUT2D eigenvalue weighted by atomic mass is 16.5. The molecule has 0 saturated heterocycles. The van der Waals surface area contributed by atoms with Crippen LogP contribution in [0.2, 0.25) is 0 Å². The fourth-order valence-electron chi connectivity index (χ4n) is 2.32. The average Bonchev–Trinajstić information content (AvgIpc) is 2.79. The minimum absolute atomic E-state index is 0.0151. The first-order valence-corrected chi connectivity index (χ1v) is 5.86. The quantitative estimate of drug-likeness (QED) is 0.756. The van der Waals surface area contributed by atoms with Crippen molar-refractivity contribution >= 4 is 6.29 Å². The van der Waals surface area contributed by atoms with Crippen molar-refractivity contribution < 1.29 is 14.1 Å². The Labute approximate surface area is 101 Å². The first kappa shape index (κ1) is 12.2. The summed E-state index contributed by atoms with van der Waals surface area (Å²) in [5.41, 5.74) is -0.153. The number of methoxy groups -OCH3 is 1. The van der Waals surface area contributed by atoms with Crippen molar-refractivity contribution in [3.63, 3.8) is 0 Å². The third-order valence-corrected chi connectivity index (χ3v) is 3.75. The lowest BCUT2D eigenvalue weighted by Crippen LogP contribution is -2.37. The van der Waals surface area contributed by atoms with Gasteiger partial charge in [-0.15, -0.1) is 0 Å². The Balaban J connectivity index is 2.23. The second kappa shape index (κ2) is 4.22. The molecule has 0 radical (unpaired) electrons. The Morgan fingerprint density at radius 1 is 1.29 bits per heavy atom. The van der Waals surface area contributed by atoms with Crippen molar-refractivity contribution in [2.75, 3.05) is 7.11 Å². The maximum Gasteiger partial charge on any atom is 0.290 e. The molecule has 1 aromatic rings. The Morgan fingerprint density at radius 2 is 1.94 bits per heavy atom. The van der Waals surface area contributed by atoms with Gasteiger partial charge in [0.25, 0.3) is 5.89 Å².